The van der Waals surface area contributed by atoms with E-state index in [1.54, 1.807) is 0 Å². The van der Waals surface area contributed by atoms with Crippen molar-refractivity contribution in [2.45, 2.75) is 11.0 Å². The molecule has 50 valence electrons. The number of carbonyl (C=O) groups excluding carboxylic acids is 2. The molecule has 1 aliphatic rings. The van der Waals surface area contributed by atoms with Gasteiger partial charge in [0.25, 0.3) is 5.91 Å². The van der Waals surface area contributed by atoms with Gasteiger partial charge in [-0.1, -0.05) is 21.6 Å². The van der Waals surface area contributed by atoms with E-state index >= 15 is 0 Å². The number of carbonyl (C=O) groups is 2. The van der Waals surface area contributed by atoms with E-state index in [2.05, 4.69) is 0 Å². The predicted molar refractivity (Wildman–Crippen MR) is 37.8 cm³/mol. The summed E-state index contributed by atoms with van der Waals surface area (Å²) in [6, 6.07) is 0. The fourth-order valence-corrected chi connectivity index (χ4v) is 2.34. The van der Waals surface area contributed by atoms with Crippen molar-refractivity contribution in [2.75, 3.05) is 0 Å². The Labute approximate surface area is 60.1 Å². The Bertz CT molecular complexity index is 159. The highest BCUT2D eigenvalue weighted by Gasteiger charge is 2.56. The highest BCUT2D eigenvalue weighted by atomic mass is 33.2. The Hall–Kier alpha value is -0.160. The van der Waals surface area contributed by atoms with Crippen molar-refractivity contribution in [3.63, 3.8) is 0 Å². The van der Waals surface area contributed by atoms with Crippen LogP contribution in [0.4, 0.5) is 0 Å². The van der Waals surface area contributed by atoms with Crippen LogP contribution >= 0.6 is 21.6 Å². The van der Waals surface area contributed by atoms with Gasteiger partial charge >= 0.3 is 0 Å². The first kappa shape index (κ1) is 6.95. The van der Waals surface area contributed by atoms with Crippen molar-refractivity contribution in [1.82, 2.24) is 0 Å². The van der Waals surface area contributed by atoms with E-state index < -0.39 is 9.99 Å². The van der Waals surface area contributed by atoms with Gasteiger partial charge < -0.3 is 5.73 Å². The molecule has 0 saturated carbocycles. The summed E-state index contributed by atoms with van der Waals surface area (Å²) in [5, 5.41) is 0. The summed E-state index contributed by atoms with van der Waals surface area (Å²) >= 11 is 0. The Morgan fingerprint density at radius 1 is 1.44 bits per heavy atom. The van der Waals surface area contributed by atoms with Gasteiger partial charge in [-0.05, 0) is 6.92 Å². The van der Waals surface area contributed by atoms with Gasteiger partial charge in [0.15, 0.2) is 5.78 Å². The molecule has 1 saturated heterocycles. The first-order valence-electron chi connectivity index (χ1n) is 2.27. The molecule has 0 spiro atoms. The van der Waals surface area contributed by atoms with Crippen LogP contribution in [-0.2, 0) is 9.59 Å². The van der Waals surface area contributed by atoms with E-state index in [1.807, 2.05) is 0 Å². The molecule has 0 bridgehead atoms. The van der Waals surface area contributed by atoms with Crippen molar-refractivity contribution in [2.24, 2.45) is 5.73 Å². The standard InChI is InChI=1S/C4H5NO2S2/c1-2(6)4(3(5)7)8-9-4/h1H3,(H2,5,7). The Morgan fingerprint density at radius 3 is 1.89 bits per heavy atom. The van der Waals surface area contributed by atoms with E-state index in [4.69, 9.17) is 5.73 Å². The van der Waals surface area contributed by atoms with Gasteiger partial charge in [0.2, 0.25) is 4.08 Å². The quantitative estimate of drug-likeness (QED) is 0.357. The average molecular weight is 163 g/mol. The second-order valence-electron chi connectivity index (χ2n) is 1.70. The van der Waals surface area contributed by atoms with Crippen molar-refractivity contribution >= 4 is 33.3 Å². The lowest BCUT2D eigenvalue weighted by atomic mass is 10.3. The molecule has 0 aromatic carbocycles. The van der Waals surface area contributed by atoms with Gasteiger partial charge in [-0.2, -0.15) is 0 Å². The summed E-state index contributed by atoms with van der Waals surface area (Å²) in [6.07, 6.45) is 0. The van der Waals surface area contributed by atoms with Crippen molar-refractivity contribution in [3.05, 3.63) is 0 Å². The first-order valence-corrected chi connectivity index (χ1v) is 4.42. The van der Waals surface area contributed by atoms with Gasteiger partial charge in [0, 0.05) is 0 Å². The molecular weight excluding hydrogens is 158 g/mol. The zero-order chi connectivity index (χ0) is 7.07. The number of primary amides is 1. The monoisotopic (exact) mass is 163 g/mol. The number of nitrogens with two attached hydrogens (primary N) is 1. The van der Waals surface area contributed by atoms with Gasteiger partial charge in [0.05, 0.1) is 0 Å². The van der Waals surface area contributed by atoms with Crippen molar-refractivity contribution in [3.8, 4) is 0 Å². The Morgan fingerprint density at radius 2 is 1.89 bits per heavy atom. The smallest absolute Gasteiger partial charge is 0.253 e. The van der Waals surface area contributed by atoms with Crippen LogP contribution in [0.1, 0.15) is 6.92 Å². The second kappa shape index (κ2) is 1.91. The third kappa shape index (κ3) is 0.943. The minimum atomic E-state index is -0.917. The highest BCUT2D eigenvalue weighted by Crippen LogP contribution is 2.64. The molecule has 2 N–H and O–H groups in total. The van der Waals surface area contributed by atoms with Crippen LogP contribution in [-0.4, -0.2) is 15.8 Å². The van der Waals surface area contributed by atoms with E-state index in [9.17, 15) is 9.59 Å². The van der Waals surface area contributed by atoms with E-state index in [-0.39, 0.29) is 5.78 Å². The molecule has 1 rings (SSSR count). The predicted octanol–water partition coefficient (Wildman–Crippen LogP) is 0.152. The minimum Gasteiger partial charge on any atom is -0.367 e. The number of Topliss-reactive ketones (excluding diaryl/α,β-unsaturated/α-hetero) is 1. The molecule has 0 radical (unpaired) electrons. The molecule has 3 nitrogen and oxygen atoms in total. The lowest BCUT2D eigenvalue weighted by Gasteiger charge is -1.97. The summed E-state index contributed by atoms with van der Waals surface area (Å²) in [4.78, 5) is 21.1. The summed E-state index contributed by atoms with van der Waals surface area (Å²) in [5.41, 5.74) is 4.93. The molecule has 5 heteroatoms. The van der Waals surface area contributed by atoms with E-state index in [0.29, 0.717) is 0 Å². The van der Waals surface area contributed by atoms with Crippen LogP contribution in [0.5, 0.6) is 0 Å². The van der Waals surface area contributed by atoms with Crippen LogP contribution in [0.25, 0.3) is 0 Å². The number of hydrogen-bond donors (Lipinski definition) is 1. The normalized spacial score (nSPS) is 21.0. The number of amides is 1. The zero-order valence-electron chi connectivity index (χ0n) is 4.71. The highest BCUT2D eigenvalue weighted by molar-refractivity contribution is 8.94. The van der Waals surface area contributed by atoms with Crippen LogP contribution < -0.4 is 5.73 Å². The molecule has 0 aromatic rings. The van der Waals surface area contributed by atoms with Gasteiger partial charge in [-0.15, -0.1) is 0 Å². The van der Waals surface area contributed by atoms with Gasteiger partial charge in [-0.25, -0.2) is 0 Å². The molecule has 0 unspecified atom stereocenters. The summed E-state index contributed by atoms with van der Waals surface area (Å²) in [6.45, 7) is 1.37. The van der Waals surface area contributed by atoms with Crippen LogP contribution in [0.3, 0.4) is 0 Å². The SMILES string of the molecule is CC(=O)C1(C(N)=O)SS1. The molecule has 9 heavy (non-hydrogen) atoms. The molecule has 0 aromatic heterocycles. The lowest BCUT2D eigenvalue weighted by molar-refractivity contribution is -0.125. The molecule has 1 heterocycles. The number of ketones is 1. The van der Waals surface area contributed by atoms with E-state index in [1.165, 1.54) is 28.5 Å². The summed E-state index contributed by atoms with van der Waals surface area (Å²) in [7, 11) is 2.45. The molecule has 1 fully saturated rings. The van der Waals surface area contributed by atoms with Crippen LogP contribution in [0.15, 0.2) is 0 Å². The molecular formula is C4H5NO2S2. The molecule has 1 aliphatic heterocycles. The average Bonchev–Trinajstić information content (AvgIpc) is 2.40. The second-order valence-corrected chi connectivity index (χ2v) is 4.52. The van der Waals surface area contributed by atoms with Crippen molar-refractivity contribution in [1.29, 1.82) is 0 Å². The minimum absolute atomic E-state index is 0.162. The first-order chi connectivity index (χ1) is 4.09. The van der Waals surface area contributed by atoms with Crippen LogP contribution in [0.2, 0.25) is 0 Å². The summed E-state index contributed by atoms with van der Waals surface area (Å²) < 4.78 is -0.917. The fraction of sp³-hybridized carbons (Fsp3) is 0.500. The fourth-order valence-electron chi connectivity index (χ4n) is 0.415. The maximum atomic E-state index is 10.6. The van der Waals surface area contributed by atoms with Gasteiger partial charge in [0.1, 0.15) is 0 Å². The zero-order valence-corrected chi connectivity index (χ0v) is 6.34. The third-order valence-corrected chi connectivity index (χ3v) is 4.02. The number of rotatable bonds is 2. The maximum absolute atomic E-state index is 10.6. The van der Waals surface area contributed by atoms with Crippen LogP contribution in [0, 0.1) is 0 Å². The lowest BCUT2D eigenvalue weighted by Crippen LogP contribution is -2.34. The maximum Gasteiger partial charge on any atom is 0.253 e. The molecule has 1 amide bonds. The topological polar surface area (TPSA) is 60.2 Å². The van der Waals surface area contributed by atoms with Gasteiger partial charge in [-0.3, -0.25) is 9.59 Å². The summed E-state index contributed by atoms with van der Waals surface area (Å²) in [5.74, 6) is -0.699. The number of hydrogen-bond acceptors (Lipinski definition) is 4. The van der Waals surface area contributed by atoms with Crippen molar-refractivity contribution < 1.29 is 9.59 Å². The molecule has 0 aliphatic carbocycles. The van der Waals surface area contributed by atoms with E-state index in [0.717, 1.165) is 0 Å². The molecule has 0 atom stereocenters. The Balaban J connectivity index is 2.75. The Kier molecular flexibility index (Phi) is 1.48. The third-order valence-electron chi connectivity index (χ3n) is 1.04. The largest absolute Gasteiger partial charge is 0.367 e.